The van der Waals surface area contributed by atoms with E-state index in [2.05, 4.69) is 24.5 Å². The first-order valence-corrected chi connectivity index (χ1v) is 15.4. The molecule has 232 valence electrons. The third kappa shape index (κ3) is 6.15. The highest BCUT2D eigenvalue weighted by molar-refractivity contribution is 7.54. The molecule has 2 saturated heterocycles. The fourth-order valence-corrected chi connectivity index (χ4v) is 7.09. The van der Waals surface area contributed by atoms with Gasteiger partial charge in [0.2, 0.25) is 5.39 Å². The molecule has 3 aromatic rings. The van der Waals surface area contributed by atoms with Crippen LogP contribution < -0.4 is 10.3 Å². The molecular weight excluding hydrogens is 622 g/mol. The number of fused-ring (bicyclic) bond motifs is 1. The molecule has 21 nitrogen and oxygen atoms in total. The molecule has 5 heterocycles. The number of phosphoric ester groups is 1. The average Bonchev–Trinajstić information content (AvgIpc) is 3.60. The first-order valence-electron chi connectivity index (χ1n) is 12.2. The van der Waals surface area contributed by atoms with E-state index in [-0.39, 0.29) is 22.7 Å². The summed E-state index contributed by atoms with van der Waals surface area (Å²) < 4.78 is 48.1. The monoisotopic (exact) mass is 648 g/mol. The standard InChI is InChI=1S/C20H24N8O13P2/c21-16-10-17(24-6-23-16)28(7-25-10)19-13(31)11(29)9(39-19)5-38-42(33,34)20(41-43(35,36)37)15-12(30)14(32)18(40-15)27-3-1-2-8(4-27)26-22/h1-4,6-7,9,11-15,18-20,29-32H,5H2,(H3-2,21,23,24,33,34,35,36,37)/p+2/t9-,11-,12+,13-,14-,15-,18-,19-,20?/m1/s1. The number of ether oxygens (including phenoxy) is 2. The maximum absolute atomic E-state index is 13.3. The largest absolute Gasteiger partial charge is 0.470 e. The number of hydrogen-bond acceptors (Lipinski definition) is 15. The molecule has 10 atom stereocenters. The number of anilines is 1. The van der Waals surface area contributed by atoms with Gasteiger partial charge in [0.1, 0.15) is 42.4 Å². The van der Waals surface area contributed by atoms with Crippen LogP contribution in [-0.2, 0) is 27.7 Å². The summed E-state index contributed by atoms with van der Waals surface area (Å²) in [7, 11) is -10.9. The number of diazo groups is 1. The number of aliphatic hydroxyl groups excluding tert-OH is 4. The van der Waals surface area contributed by atoms with Crippen LogP contribution in [0.2, 0.25) is 0 Å². The molecule has 0 radical (unpaired) electrons. The van der Waals surface area contributed by atoms with Crippen molar-refractivity contribution in [3.8, 4) is 0 Å². The highest BCUT2D eigenvalue weighted by Gasteiger charge is 2.58. The van der Waals surface area contributed by atoms with Crippen molar-refractivity contribution in [2.75, 3.05) is 12.3 Å². The Balaban J connectivity index is 1.35. The van der Waals surface area contributed by atoms with Gasteiger partial charge in [0, 0.05) is 12.1 Å². The lowest BCUT2D eigenvalue weighted by molar-refractivity contribution is -0.765. The second-order valence-corrected chi connectivity index (χ2v) is 12.6. The van der Waals surface area contributed by atoms with Gasteiger partial charge in [0.05, 0.1) is 12.9 Å². The van der Waals surface area contributed by atoms with E-state index >= 15 is 0 Å². The van der Waals surface area contributed by atoms with E-state index in [1.54, 1.807) is 0 Å². The fourth-order valence-electron chi connectivity index (χ4n) is 4.72. The highest BCUT2D eigenvalue weighted by atomic mass is 31.2. The number of nitrogen functional groups attached to an aromatic ring is 1. The Bertz CT molecular complexity index is 1630. The molecule has 0 amide bonds. The molecule has 2 aliphatic heterocycles. The number of aliphatic hydroxyl groups is 4. The molecular formula is C20H26N8O13P2+2. The summed E-state index contributed by atoms with van der Waals surface area (Å²) in [5.74, 6) is -2.54. The van der Waals surface area contributed by atoms with E-state index in [4.69, 9.17) is 25.1 Å². The minimum absolute atomic E-state index is 0.00522. The summed E-state index contributed by atoms with van der Waals surface area (Å²) in [6, 6.07) is 2.76. The van der Waals surface area contributed by atoms with Gasteiger partial charge in [-0.05, 0) is 0 Å². The van der Waals surface area contributed by atoms with Gasteiger partial charge in [0.15, 0.2) is 40.8 Å². The Labute approximate surface area is 240 Å². The highest BCUT2D eigenvalue weighted by Crippen LogP contribution is 2.57. The molecule has 2 fully saturated rings. The Kier molecular flexibility index (Phi) is 8.60. The van der Waals surface area contributed by atoms with Crippen molar-refractivity contribution in [2.24, 2.45) is 0 Å². The van der Waals surface area contributed by atoms with E-state index < -0.39 is 76.9 Å². The first kappa shape index (κ1) is 31.4. The van der Waals surface area contributed by atoms with E-state index in [9.17, 15) is 44.2 Å². The lowest BCUT2D eigenvalue weighted by atomic mass is 10.1. The van der Waals surface area contributed by atoms with E-state index in [1.165, 1.54) is 35.4 Å². The van der Waals surface area contributed by atoms with Crippen molar-refractivity contribution < 1.29 is 67.3 Å². The third-order valence-electron chi connectivity index (χ3n) is 6.76. The molecule has 23 heteroatoms. The minimum atomic E-state index is -5.56. The summed E-state index contributed by atoms with van der Waals surface area (Å²) in [5, 5.41) is 51.4. The zero-order chi connectivity index (χ0) is 31.3. The molecule has 9 N–H and O–H groups in total. The Hall–Kier alpha value is -3.06. The zero-order valence-corrected chi connectivity index (χ0v) is 23.3. The second-order valence-electron chi connectivity index (χ2n) is 9.56. The van der Waals surface area contributed by atoms with Crippen LogP contribution in [0.15, 0.2) is 37.2 Å². The van der Waals surface area contributed by atoms with Crippen molar-refractivity contribution in [1.82, 2.24) is 19.5 Å². The molecule has 0 bridgehead atoms. The molecule has 0 aromatic carbocycles. The van der Waals surface area contributed by atoms with E-state index in [0.717, 1.165) is 10.9 Å². The van der Waals surface area contributed by atoms with Gasteiger partial charge in [-0.2, -0.15) is 4.57 Å². The van der Waals surface area contributed by atoms with Crippen LogP contribution in [0.25, 0.3) is 16.1 Å². The van der Waals surface area contributed by atoms with Crippen LogP contribution in [-0.4, -0.2) is 104 Å². The van der Waals surface area contributed by atoms with Crippen molar-refractivity contribution in [2.45, 2.75) is 54.9 Å². The number of pyridine rings is 1. The normalized spacial score (nSPS) is 31.6. The van der Waals surface area contributed by atoms with Gasteiger partial charge >= 0.3 is 21.1 Å². The molecule has 2 unspecified atom stereocenters. The maximum atomic E-state index is 13.3. The van der Waals surface area contributed by atoms with Gasteiger partial charge in [-0.3, -0.25) is 13.7 Å². The van der Waals surface area contributed by atoms with Crippen LogP contribution in [0.5, 0.6) is 0 Å². The SMILES string of the molecule is N#[N+]c1ccc[n+]([C@@H]2O[C@@H](C(OP(=O)(O)O)P(=O)(O)OC[C@H]3O[C@@H](n4cnc5c(N)ncnc54)[C@H](O)[C@@H]3O)[C@@H](O)[C@H]2O)c1. The number of imidazole rings is 1. The lowest BCUT2D eigenvalue weighted by Gasteiger charge is -2.29. The molecule has 3 aromatic heterocycles. The van der Waals surface area contributed by atoms with E-state index in [1.807, 2.05) is 0 Å². The number of phosphoric acid groups is 1. The summed E-state index contributed by atoms with van der Waals surface area (Å²) in [5.41, 5.74) is 6.09. The Morgan fingerprint density at radius 1 is 1.09 bits per heavy atom. The van der Waals surface area contributed by atoms with Gasteiger partial charge in [-0.25, -0.2) is 19.5 Å². The fraction of sp³-hybridized carbons (Fsp3) is 0.500. The first-order chi connectivity index (χ1) is 20.2. The van der Waals surface area contributed by atoms with Crippen molar-refractivity contribution in [3.05, 3.63) is 42.2 Å². The number of rotatable bonds is 9. The number of nitrogens with zero attached hydrogens (tertiary/aromatic N) is 7. The second kappa shape index (κ2) is 11.8. The lowest BCUT2D eigenvalue weighted by Crippen LogP contribution is -2.45. The molecule has 2 aliphatic rings. The summed E-state index contributed by atoms with van der Waals surface area (Å²) in [6.45, 7) is -0.934. The molecule has 5 rings (SSSR count). The van der Waals surface area contributed by atoms with E-state index in [0.29, 0.717) is 0 Å². The van der Waals surface area contributed by atoms with Crippen molar-refractivity contribution >= 4 is 38.1 Å². The minimum Gasteiger partial charge on any atom is -0.387 e. The van der Waals surface area contributed by atoms with Gasteiger partial charge in [-0.1, -0.05) is 0 Å². The molecule has 0 saturated carbocycles. The molecule has 0 spiro atoms. The van der Waals surface area contributed by atoms with Crippen LogP contribution in [0.3, 0.4) is 0 Å². The van der Waals surface area contributed by atoms with Gasteiger partial charge < -0.3 is 54.8 Å². The van der Waals surface area contributed by atoms with Gasteiger partial charge in [-0.15, -0.1) is 0 Å². The average molecular weight is 648 g/mol. The quantitative estimate of drug-likeness (QED) is 0.0690. The summed E-state index contributed by atoms with van der Waals surface area (Å²) in [4.78, 5) is 44.5. The molecule has 0 aliphatic carbocycles. The Morgan fingerprint density at radius 2 is 1.84 bits per heavy atom. The number of hydrogen-bond donors (Lipinski definition) is 8. The summed E-state index contributed by atoms with van der Waals surface area (Å²) in [6.07, 6.45) is -8.71. The van der Waals surface area contributed by atoms with Crippen LogP contribution in [0.4, 0.5) is 11.5 Å². The van der Waals surface area contributed by atoms with Crippen LogP contribution >= 0.6 is 15.4 Å². The molecule has 43 heavy (non-hydrogen) atoms. The predicted molar refractivity (Wildman–Crippen MR) is 136 cm³/mol. The number of nitrogens with two attached hydrogens (primary N) is 1. The van der Waals surface area contributed by atoms with Crippen molar-refractivity contribution in [3.63, 3.8) is 0 Å². The third-order valence-corrected chi connectivity index (χ3v) is 8.99. The maximum Gasteiger partial charge on any atom is 0.470 e. The smallest absolute Gasteiger partial charge is 0.387 e. The van der Waals surface area contributed by atoms with Crippen LogP contribution in [0.1, 0.15) is 12.5 Å². The van der Waals surface area contributed by atoms with Gasteiger partial charge in [0.25, 0.3) is 12.4 Å². The number of aromatic nitrogens is 5. The zero-order valence-electron chi connectivity index (χ0n) is 21.5. The predicted octanol–water partition coefficient (Wildman–Crippen LogP) is -2.24. The van der Waals surface area contributed by atoms with Crippen molar-refractivity contribution in [1.29, 1.82) is 5.39 Å². The Morgan fingerprint density at radius 3 is 2.53 bits per heavy atom. The summed E-state index contributed by atoms with van der Waals surface area (Å²) >= 11 is 0. The van der Waals surface area contributed by atoms with Crippen LogP contribution in [0, 0.1) is 5.39 Å². The topological polar surface area (TPSA) is 314 Å².